The lowest BCUT2D eigenvalue weighted by molar-refractivity contribution is 0.274. The van der Waals surface area contributed by atoms with Crippen LogP contribution in [0.4, 0.5) is 4.39 Å². The fourth-order valence-electron chi connectivity index (χ4n) is 1.84. The zero-order chi connectivity index (χ0) is 12.8. The van der Waals surface area contributed by atoms with Crippen molar-refractivity contribution in [1.82, 2.24) is 5.32 Å². The van der Waals surface area contributed by atoms with Gasteiger partial charge < -0.3 is 10.4 Å². The van der Waals surface area contributed by atoms with Gasteiger partial charge in [-0.2, -0.15) is 0 Å². The fourth-order valence-corrected chi connectivity index (χ4v) is 2.22. The molecule has 0 amide bonds. The van der Waals surface area contributed by atoms with Crippen LogP contribution in [0.5, 0.6) is 0 Å². The molecule has 0 saturated carbocycles. The molecular formula is C13H19BrFNO. The summed E-state index contributed by atoms with van der Waals surface area (Å²) in [5.74, 6) is -0.192. The largest absolute Gasteiger partial charge is 0.396 e. The lowest BCUT2D eigenvalue weighted by Crippen LogP contribution is -2.29. The first-order chi connectivity index (χ1) is 8.04. The second-order valence-electron chi connectivity index (χ2n) is 4.32. The van der Waals surface area contributed by atoms with Gasteiger partial charge in [-0.3, -0.25) is 0 Å². The van der Waals surface area contributed by atoms with E-state index in [1.54, 1.807) is 12.1 Å². The van der Waals surface area contributed by atoms with Crippen LogP contribution in [-0.4, -0.2) is 17.8 Å². The molecule has 17 heavy (non-hydrogen) atoms. The molecule has 1 aromatic rings. The Morgan fingerprint density at radius 1 is 1.41 bits per heavy atom. The zero-order valence-corrected chi connectivity index (χ0v) is 11.8. The molecule has 4 heteroatoms. The van der Waals surface area contributed by atoms with Gasteiger partial charge >= 0.3 is 0 Å². The van der Waals surface area contributed by atoms with Gasteiger partial charge in [0.05, 0.1) is 0 Å². The SMILES string of the molecule is CC(CCCO)NC(C)c1cc(Br)ccc1F. The minimum absolute atomic E-state index is 0.0406. The van der Waals surface area contributed by atoms with Crippen LogP contribution < -0.4 is 5.32 Å². The van der Waals surface area contributed by atoms with Crippen molar-refractivity contribution in [3.8, 4) is 0 Å². The smallest absolute Gasteiger partial charge is 0.128 e. The molecule has 0 heterocycles. The van der Waals surface area contributed by atoms with Crippen LogP contribution in [0.2, 0.25) is 0 Å². The Morgan fingerprint density at radius 2 is 2.12 bits per heavy atom. The topological polar surface area (TPSA) is 32.3 Å². The lowest BCUT2D eigenvalue weighted by atomic mass is 10.1. The fraction of sp³-hybridized carbons (Fsp3) is 0.538. The number of aliphatic hydroxyl groups is 1. The molecule has 2 unspecified atom stereocenters. The number of rotatable bonds is 6. The highest BCUT2D eigenvalue weighted by Crippen LogP contribution is 2.22. The van der Waals surface area contributed by atoms with Crippen molar-refractivity contribution < 1.29 is 9.50 Å². The molecular weight excluding hydrogens is 285 g/mol. The maximum atomic E-state index is 13.6. The van der Waals surface area contributed by atoms with Gasteiger partial charge in [0, 0.05) is 28.7 Å². The van der Waals surface area contributed by atoms with Gasteiger partial charge in [0.15, 0.2) is 0 Å². The van der Waals surface area contributed by atoms with Crippen molar-refractivity contribution in [2.75, 3.05) is 6.61 Å². The van der Waals surface area contributed by atoms with Gasteiger partial charge in [0.2, 0.25) is 0 Å². The first-order valence-electron chi connectivity index (χ1n) is 5.86. The van der Waals surface area contributed by atoms with Crippen LogP contribution in [0, 0.1) is 5.82 Å². The minimum atomic E-state index is -0.192. The summed E-state index contributed by atoms with van der Waals surface area (Å²) in [6.07, 6.45) is 1.65. The zero-order valence-electron chi connectivity index (χ0n) is 10.2. The van der Waals surface area contributed by atoms with Crippen LogP contribution in [0.25, 0.3) is 0 Å². The number of benzene rings is 1. The predicted octanol–water partition coefficient (Wildman–Crippen LogP) is 3.40. The first-order valence-corrected chi connectivity index (χ1v) is 6.65. The van der Waals surface area contributed by atoms with Gasteiger partial charge in [-0.1, -0.05) is 15.9 Å². The van der Waals surface area contributed by atoms with Crippen LogP contribution in [0.1, 0.15) is 38.3 Å². The average molecular weight is 304 g/mol. The molecule has 2 nitrogen and oxygen atoms in total. The van der Waals surface area contributed by atoms with Gasteiger partial charge in [0.1, 0.15) is 5.82 Å². The van der Waals surface area contributed by atoms with E-state index in [-0.39, 0.29) is 24.5 Å². The van der Waals surface area contributed by atoms with E-state index in [0.717, 1.165) is 17.3 Å². The molecule has 0 bridgehead atoms. The Morgan fingerprint density at radius 3 is 2.76 bits per heavy atom. The Hall–Kier alpha value is -0.450. The van der Waals surface area contributed by atoms with Crippen molar-refractivity contribution in [3.05, 3.63) is 34.1 Å². The monoisotopic (exact) mass is 303 g/mol. The molecule has 2 N–H and O–H groups in total. The molecule has 96 valence electrons. The first kappa shape index (κ1) is 14.6. The molecule has 1 rings (SSSR count). The van der Waals surface area contributed by atoms with Crippen LogP contribution in [-0.2, 0) is 0 Å². The van der Waals surface area contributed by atoms with Gasteiger partial charge in [-0.15, -0.1) is 0 Å². The normalized spacial score (nSPS) is 14.6. The maximum absolute atomic E-state index is 13.6. The number of halogens is 2. The quantitative estimate of drug-likeness (QED) is 0.844. The van der Waals surface area contributed by atoms with Crippen molar-refractivity contribution in [3.63, 3.8) is 0 Å². The number of aliphatic hydroxyl groups excluding tert-OH is 1. The molecule has 0 saturated heterocycles. The molecule has 0 aliphatic heterocycles. The molecule has 0 aromatic heterocycles. The van der Waals surface area contributed by atoms with Gasteiger partial charge in [-0.25, -0.2) is 4.39 Å². The Labute approximate surface area is 110 Å². The minimum Gasteiger partial charge on any atom is -0.396 e. The third-order valence-electron chi connectivity index (χ3n) is 2.75. The summed E-state index contributed by atoms with van der Waals surface area (Å²) in [7, 11) is 0. The van der Waals surface area contributed by atoms with Crippen LogP contribution in [0.15, 0.2) is 22.7 Å². The number of hydrogen-bond acceptors (Lipinski definition) is 2. The van der Waals surface area contributed by atoms with E-state index in [9.17, 15) is 4.39 Å². The second kappa shape index (κ2) is 7.09. The number of nitrogens with one attached hydrogen (secondary N) is 1. The molecule has 0 aliphatic carbocycles. The Kier molecular flexibility index (Phi) is 6.09. The van der Waals surface area contributed by atoms with Gasteiger partial charge in [0.25, 0.3) is 0 Å². The third-order valence-corrected chi connectivity index (χ3v) is 3.25. The molecule has 0 radical (unpaired) electrons. The molecule has 0 aliphatic rings. The highest BCUT2D eigenvalue weighted by atomic mass is 79.9. The summed E-state index contributed by atoms with van der Waals surface area (Å²) in [5.41, 5.74) is 0.662. The Balaban J connectivity index is 2.62. The van der Waals surface area contributed by atoms with E-state index in [0.29, 0.717) is 5.56 Å². The van der Waals surface area contributed by atoms with E-state index in [1.165, 1.54) is 6.07 Å². The summed E-state index contributed by atoms with van der Waals surface area (Å²) < 4.78 is 14.5. The summed E-state index contributed by atoms with van der Waals surface area (Å²) in [6, 6.07) is 5.18. The van der Waals surface area contributed by atoms with E-state index in [1.807, 2.05) is 13.8 Å². The van der Waals surface area contributed by atoms with Crippen molar-refractivity contribution in [2.24, 2.45) is 0 Å². The summed E-state index contributed by atoms with van der Waals surface area (Å²) in [5, 5.41) is 12.1. The molecule has 0 spiro atoms. The molecule has 0 fully saturated rings. The molecule has 1 aromatic carbocycles. The standard InChI is InChI=1S/C13H19BrFNO/c1-9(4-3-7-17)16-10(2)12-8-11(14)5-6-13(12)15/h5-6,8-10,16-17H,3-4,7H2,1-2H3. The maximum Gasteiger partial charge on any atom is 0.128 e. The highest BCUT2D eigenvalue weighted by Gasteiger charge is 2.13. The van der Waals surface area contributed by atoms with Crippen LogP contribution >= 0.6 is 15.9 Å². The highest BCUT2D eigenvalue weighted by molar-refractivity contribution is 9.10. The summed E-state index contributed by atoms with van der Waals surface area (Å²) >= 11 is 3.35. The third kappa shape index (κ3) is 4.74. The predicted molar refractivity (Wildman–Crippen MR) is 71.4 cm³/mol. The summed E-state index contributed by atoms with van der Waals surface area (Å²) in [6.45, 7) is 4.19. The van der Waals surface area contributed by atoms with Crippen molar-refractivity contribution in [1.29, 1.82) is 0 Å². The molecule has 2 atom stereocenters. The lowest BCUT2D eigenvalue weighted by Gasteiger charge is -2.20. The Bertz CT molecular complexity index is 359. The van der Waals surface area contributed by atoms with E-state index >= 15 is 0 Å². The van der Waals surface area contributed by atoms with Gasteiger partial charge in [-0.05, 0) is 44.9 Å². The van der Waals surface area contributed by atoms with E-state index < -0.39 is 0 Å². The summed E-state index contributed by atoms with van der Waals surface area (Å²) in [4.78, 5) is 0. The van der Waals surface area contributed by atoms with Crippen molar-refractivity contribution in [2.45, 2.75) is 38.8 Å². The average Bonchev–Trinajstić information content (AvgIpc) is 2.29. The van der Waals surface area contributed by atoms with Crippen molar-refractivity contribution >= 4 is 15.9 Å². The second-order valence-corrected chi connectivity index (χ2v) is 5.24. The van der Waals surface area contributed by atoms with Crippen LogP contribution in [0.3, 0.4) is 0 Å². The number of hydrogen-bond donors (Lipinski definition) is 2. The van der Waals surface area contributed by atoms with E-state index in [2.05, 4.69) is 21.2 Å². The van der Waals surface area contributed by atoms with E-state index in [4.69, 9.17) is 5.11 Å².